The van der Waals surface area contributed by atoms with Crippen molar-refractivity contribution in [3.05, 3.63) is 20.8 Å². The van der Waals surface area contributed by atoms with Crippen molar-refractivity contribution in [3.8, 4) is 0 Å². The summed E-state index contributed by atoms with van der Waals surface area (Å²) < 4.78 is 6.40. The summed E-state index contributed by atoms with van der Waals surface area (Å²) in [6.45, 7) is 4.13. The topological polar surface area (TPSA) is 148 Å². The molecule has 34 heavy (non-hydrogen) atoms. The van der Waals surface area contributed by atoms with Gasteiger partial charge in [0, 0.05) is 26.1 Å². The predicted octanol–water partition coefficient (Wildman–Crippen LogP) is 1.39. The molecule has 11 heteroatoms. The lowest BCUT2D eigenvalue weighted by Gasteiger charge is -2.25. The Balaban J connectivity index is 2.18. The zero-order valence-electron chi connectivity index (χ0n) is 20.3. The second kappa shape index (κ2) is 13.6. The Hall–Kier alpha value is -3.11. The summed E-state index contributed by atoms with van der Waals surface area (Å²) in [4.78, 5) is 67.2. The number of nitrogens with one attached hydrogen (secondary N) is 1. The maximum Gasteiger partial charge on any atom is 0.330 e. The fraction of sp³-hybridized carbons (Fsp3) is 0.696. The van der Waals surface area contributed by atoms with E-state index in [-0.39, 0.29) is 30.5 Å². The van der Waals surface area contributed by atoms with Crippen molar-refractivity contribution in [2.45, 2.75) is 78.2 Å². The lowest BCUT2D eigenvalue weighted by molar-refractivity contribution is -0.151. The number of nitrogen functional groups attached to an aromatic ring is 1. The number of carbonyl (C=O) groups excluding carboxylic acids is 3. The third kappa shape index (κ3) is 7.46. The van der Waals surface area contributed by atoms with Crippen molar-refractivity contribution < 1.29 is 19.1 Å². The van der Waals surface area contributed by atoms with Crippen LogP contribution in [0.2, 0.25) is 0 Å². The molecule has 2 amide bonds. The minimum atomic E-state index is -0.762. The second-order valence-electron chi connectivity index (χ2n) is 8.54. The summed E-state index contributed by atoms with van der Waals surface area (Å²) in [5.74, 6) is -1.50. The second-order valence-corrected chi connectivity index (χ2v) is 8.54. The van der Waals surface area contributed by atoms with Gasteiger partial charge in [-0.3, -0.25) is 28.7 Å². The van der Waals surface area contributed by atoms with E-state index in [2.05, 4.69) is 4.98 Å². The summed E-state index contributed by atoms with van der Waals surface area (Å²) in [5.41, 5.74) is 4.67. The van der Waals surface area contributed by atoms with Gasteiger partial charge in [-0.15, -0.1) is 0 Å². The van der Waals surface area contributed by atoms with Crippen LogP contribution in [0.4, 0.5) is 11.5 Å². The Morgan fingerprint density at radius 3 is 2.50 bits per heavy atom. The Labute approximate surface area is 199 Å². The van der Waals surface area contributed by atoms with E-state index in [1.807, 2.05) is 13.8 Å². The van der Waals surface area contributed by atoms with Gasteiger partial charge in [0.25, 0.3) is 11.5 Å². The van der Waals surface area contributed by atoms with Gasteiger partial charge in [0.15, 0.2) is 12.3 Å². The maximum absolute atomic E-state index is 13.0. The molecule has 11 nitrogen and oxygen atoms in total. The van der Waals surface area contributed by atoms with Crippen LogP contribution in [0.1, 0.15) is 71.6 Å². The average molecular weight is 480 g/mol. The first kappa shape index (κ1) is 27.1. The van der Waals surface area contributed by atoms with Gasteiger partial charge in [0.2, 0.25) is 5.91 Å². The molecule has 1 saturated heterocycles. The van der Waals surface area contributed by atoms with Crippen LogP contribution in [0.15, 0.2) is 9.59 Å². The van der Waals surface area contributed by atoms with Crippen LogP contribution >= 0.6 is 0 Å². The number of aromatic amines is 1. The molecule has 0 radical (unpaired) electrons. The smallest absolute Gasteiger partial charge is 0.330 e. The minimum absolute atomic E-state index is 0.0893. The van der Waals surface area contributed by atoms with E-state index in [1.165, 1.54) is 14.4 Å². The number of ether oxygens (including phenoxy) is 1. The molecule has 1 fully saturated rings. The predicted molar refractivity (Wildman–Crippen MR) is 129 cm³/mol. The molecule has 0 aromatic carbocycles. The molecular weight excluding hydrogens is 442 g/mol. The molecule has 0 saturated carbocycles. The summed E-state index contributed by atoms with van der Waals surface area (Å²) >= 11 is 0. The highest BCUT2D eigenvalue weighted by Gasteiger charge is 2.26. The molecule has 1 aromatic rings. The number of unbranched alkanes of at least 4 members (excludes halogenated alkanes) is 3. The van der Waals surface area contributed by atoms with Crippen molar-refractivity contribution in [3.63, 3.8) is 0 Å². The highest BCUT2D eigenvalue weighted by molar-refractivity contribution is 5.97. The number of nitrogens with two attached hydrogens (primary N) is 1. The normalized spacial score (nSPS) is 14.1. The molecule has 0 atom stereocenters. The highest BCUT2D eigenvalue weighted by atomic mass is 16.5. The number of carbonyl (C=O) groups is 3. The Morgan fingerprint density at radius 2 is 1.79 bits per heavy atom. The Kier molecular flexibility index (Phi) is 10.8. The number of aromatic nitrogens is 2. The number of rotatable bonds is 12. The largest absolute Gasteiger partial charge is 0.454 e. The molecule has 1 aliphatic rings. The molecule has 0 aliphatic carbocycles. The van der Waals surface area contributed by atoms with Gasteiger partial charge in [-0.1, -0.05) is 39.5 Å². The monoisotopic (exact) mass is 479 g/mol. The molecule has 1 aliphatic heterocycles. The van der Waals surface area contributed by atoms with Gasteiger partial charge in [-0.2, -0.15) is 0 Å². The fourth-order valence-electron chi connectivity index (χ4n) is 3.88. The van der Waals surface area contributed by atoms with Gasteiger partial charge in [-0.05, 0) is 25.7 Å². The van der Waals surface area contributed by atoms with E-state index in [4.69, 9.17) is 10.5 Å². The number of esters is 1. The van der Waals surface area contributed by atoms with Crippen LogP contribution in [-0.2, 0) is 25.7 Å². The van der Waals surface area contributed by atoms with Gasteiger partial charge < -0.3 is 20.3 Å². The SMILES string of the molecule is CCCCCN(C(=O)COC(=O)CN1CCCCCC1=O)c1c(N)n(CCCC)c(=O)[nH]c1=O. The molecule has 2 heterocycles. The van der Waals surface area contributed by atoms with Crippen LogP contribution in [0, 0.1) is 0 Å². The zero-order chi connectivity index (χ0) is 25.1. The van der Waals surface area contributed by atoms with Gasteiger partial charge in [0.05, 0.1) is 0 Å². The highest BCUT2D eigenvalue weighted by Crippen LogP contribution is 2.19. The first-order valence-corrected chi connectivity index (χ1v) is 12.2. The quantitative estimate of drug-likeness (QED) is 0.340. The number of hydrogen-bond acceptors (Lipinski definition) is 7. The Bertz CT molecular complexity index is 970. The minimum Gasteiger partial charge on any atom is -0.454 e. The average Bonchev–Trinajstić information content (AvgIpc) is 3.00. The summed E-state index contributed by atoms with van der Waals surface area (Å²) in [7, 11) is 0. The molecule has 0 bridgehead atoms. The first-order valence-electron chi connectivity index (χ1n) is 12.2. The number of likely N-dealkylation sites (tertiary alicyclic amines) is 1. The third-order valence-corrected chi connectivity index (χ3v) is 5.85. The van der Waals surface area contributed by atoms with Crippen LogP contribution in [0.25, 0.3) is 0 Å². The lowest BCUT2D eigenvalue weighted by Crippen LogP contribution is -2.43. The molecular formula is C23H37N5O6. The molecule has 3 N–H and O–H groups in total. The molecule has 0 spiro atoms. The summed E-state index contributed by atoms with van der Waals surface area (Å²) in [5, 5.41) is 0. The van der Waals surface area contributed by atoms with Gasteiger partial charge in [-0.25, -0.2) is 4.79 Å². The van der Waals surface area contributed by atoms with E-state index in [0.717, 1.165) is 38.5 Å². The standard InChI is InChI=1S/C23H37N5O6/c1-3-5-9-14-27(20-21(24)28(13-6-4-2)23(33)25-22(20)32)18(30)16-34-19(31)15-26-12-10-7-8-11-17(26)29/h3-16,24H2,1-2H3,(H,25,32,33). The van der Waals surface area contributed by atoms with E-state index in [0.29, 0.717) is 32.4 Å². The zero-order valence-corrected chi connectivity index (χ0v) is 20.3. The molecule has 190 valence electrons. The van der Waals surface area contributed by atoms with Crippen molar-refractivity contribution in [2.75, 3.05) is 36.9 Å². The van der Waals surface area contributed by atoms with Gasteiger partial charge in [0.1, 0.15) is 12.4 Å². The number of nitrogens with zero attached hydrogens (tertiary/aromatic N) is 3. The van der Waals surface area contributed by atoms with E-state index in [9.17, 15) is 24.0 Å². The van der Waals surface area contributed by atoms with Crippen LogP contribution in [0.3, 0.4) is 0 Å². The number of hydrogen-bond donors (Lipinski definition) is 2. The number of anilines is 2. The van der Waals surface area contributed by atoms with Crippen molar-refractivity contribution in [2.24, 2.45) is 0 Å². The van der Waals surface area contributed by atoms with Crippen molar-refractivity contribution >= 4 is 29.3 Å². The molecule has 2 rings (SSSR count). The van der Waals surface area contributed by atoms with Crippen LogP contribution in [0.5, 0.6) is 0 Å². The number of H-pyrrole nitrogens is 1. The molecule has 1 aromatic heterocycles. The van der Waals surface area contributed by atoms with E-state index >= 15 is 0 Å². The van der Waals surface area contributed by atoms with Crippen molar-refractivity contribution in [1.29, 1.82) is 0 Å². The maximum atomic E-state index is 13.0. The molecule has 0 unspecified atom stereocenters. The van der Waals surface area contributed by atoms with Crippen LogP contribution < -0.4 is 21.9 Å². The lowest BCUT2D eigenvalue weighted by atomic mass is 10.2. The summed E-state index contributed by atoms with van der Waals surface area (Å²) in [6.07, 6.45) is 6.74. The number of amides is 2. The summed E-state index contributed by atoms with van der Waals surface area (Å²) in [6, 6.07) is 0. The Morgan fingerprint density at radius 1 is 1.06 bits per heavy atom. The van der Waals surface area contributed by atoms with E-state index in [1.54, 1.807) is 0 Å². The van der Waals surface area contributed by atoms with Crippen molar-refractivity contribution in [1.82, 2.24) is 14.5 Å². The van der Waals surface area contributed by atoms with E-state index < -0.39 is 29.7 Å². The fourth-order valence-corrected chi connectivity index (χ4v) is 3.88. The first-order chi connectivity index (χ1) is 16.3. The van der Waals surface area contributed by atoms with Gasteiger partial charge >= 0.3 is 11.7 Å². The van der Waals surface area contributed by atoms with Crippen LogP contribution in [-0.4, -0.2) is 58.5 Å². The third-order valence-electron chi connectivity index (χ3n) is 5.85.